The van der Waals surface area contributed by atoms with E-state index in [1.54, 1.807) is 12.0 Å². The first-order valence-electron chi connectivity index (χ1n) is 12.7. The molecule has 0 aliphatic heterocycles. The molecule has 5 nitrogen and oxygen atoms in total. The van der Waals surface area contributed by atoms with Crippen molar-refractivity contribution in [2.24, 2.45) is 0 Å². The zero-order valence-electron chi connectivity index (χ0n) is 21.1. The smallest absolute Gasteiger partial charge is 0.243 e. The standard InChI is InChI=1S/C30H33ClN2O3S/c1-36-26-13-7-10-23(18-26)20-33(29(34)21-37-27-16-14-24(31)15-17-27)28(19-22-8-3-2-4-9-22)30(35)32-25-11-5-6-12-25/h2-4,7-10,13-18,25,28H,5-6,11-12,19-21H2,1H3,(H,32,35)/t28-/m1/s1. The Morgan fingerprint density at radius 2 is 1.70 bits per heavy atom. The van der Waals surface area contributed by atoms with E-state index in [-0.39, 0.29) is 23.6 Å². The Kier molecular flexibility index (Phi) is 9.92. The van der Waals surface area contributed by atoms with Crippen LogP contribution in [-0.4, -0.2) is 41.7 Å². The maximum atomic E-state index is 13.8. The lowest BCUT2D eigenvalue weighted by Gasteiger charge is -2.32. The molecular formula is C30H33ClN2O3S. The van der Waals surface area contributed by atoms with Crippen molar-refractivity contribution in [3.63, 3.8) is 0 Å². The molecule has 1 aliphatic carbocycles. The number of benzene rings is 3. The monoisotopic (exact) mass is 536 g/mol. The van der Waals surface area contributed by atoms with E-state index in [1.165, 1.54) is 11.8 Å². The van der Waals surface area contributed by atoms with Gasteiger partial charge in [0.15, 0.2) is 0 Å². The van der Waals surface area contributed by atoms with Crippen LogP contribution in [0, 0.1) is 0 Å². The third-order valence-electron chi connectivity index (χ3n) is 6.64. The Hall–Kier alpha value is -2.96. The number of nitrogens with one attached hydrogen (secondary N) is 1. The van der Waals surface area contributed by atoms with Gasteiger partial charge in [-0.25, -0.2) is 0 Å². The summed E-state index contributed by atoms with van der Waals surface area (Å²) in [5.74, 6) is 0.748. The summed E-state index contributed by atoms with van der Waals surface area (Å²) in [7, 11) is 1.62. The molecule has 0 radical (unpaired) electrons. The highest BCUT2D eigenvalue weighted by Gasteiger charge is 2.32. The molecule has 2 amide bonds. The largest absolute Gasteiger partial charge is 0.497 e. The van der Waals surface area contributed by atoms with Crippen LogP contribution < -0.4 is 10.1 Å². The van der Waals surface area contributed by atoms with Gasteiger partial charge in [0.1, 0.15) is 11.8 Å². The highest BCUT2D eigenvalue weighted by Crippen LogP contribution is 2.24. The van der Waals surface area contributed by atoms with Crippen LogP contribution in [0.5, 0.6) is 5.75 Å². The SMILES string of the molecule is COc1cccc(CN(C(=O)CSc2ccc(Cl)cc2)[C@H](Cc2ccccc2)C(=O)NC2CCCC2)c1. The predicted octanol–water partition coefficient (Wildman–Crippen LogP) is 6.14. The van der Waals surface area contributed by atoms with Gasteiger partial charge in [-0.2, -0.15) is 0 Å². The van der Waals surface area contributed by atoms with Gasteiger partial charge in [-0.15, -0.1) is 11.8 Å². The summed E-state index contributed by atoms with van der Waals surface area (Å²) in [5.41, 5.74) is 1.93. The van der Waals surface area contributed by atoms with Crippen molar-refractivity contribution in [3.8, 4) is 5.75 Å². The van der Waals surface area contributed by atoms with Crippen molar-refractivity contribution in [3.05, 3.63) is 95.0 Å². The number of hydrogen-bond acceptors (Lipinski definition) is 4. The molecule has 37 heavy (non-hydrogen) atoms. The van der Waals surface area contributed by atoms with Gasteiger partial charge in [0, 0.05) is 28.9 Å². The van der Waals surface area contributed by atoms with E-state index < -0.39 is 6.04 Å². The van der Waals surface area contributed by atoms with E-state index in [2.05, 4.69) is 5.32 Å². The van der Waals surface area contributed by atoms with Crippen molar-refractivity contribution in [1.82, 2.24) is 10.2 Å². The summed E-state index contributed by atoms with van der Waals surface area (Å²) < 4.78 is 5.41. The van der Waals surface area contributed by atoms with Gasteiger partial charge in [-0.05, 0) is 60.4 Å². The number of carbonyl (C=O) groups is 2. The fourth-order valence-corrected chi connectivity index (χ4v) is 5.56. The van der Waals surface area contributed by atoms with Crippen LogP contribution in [0.2, 0.25) is 5.02 Å². The number of rotatable bonds is 11. The molecule has 4 rings (SSSR count). The lowest BCUT2D eigenvalue weighted by Crippen LogP contribution is -2.52. The van der Waals surface area contributed by atoms with Crippen molar-refractivity contribution in [1.29, 1.82) is 0 Å². The zero-order chi connectivity index (χ0) is 26.0. The van der Waals surface area contributed by atoms with Crippen LogP contribution in [0.15, 0.2) is 83.8 Å². The van der Waals surface area contributed by atoms with Crippen LogP contribution >= 0.6 is 23.4 Å². The molecule has 1 saturated carbocycles. The van der Waals surface area contributed by atoms with Crippen LogP contribution in [0.4, 0.5) is 0 Å². The quantitative estimate of drug-likeness (QED) is 0.299. The third kappa shape index (κ3) is 8.01. The Balaban J connectivity index is 1.61. The second kappa shape index (κ2) is 13.5. The highest BCUT2D eigenvalue weighted by atomic mass is 35.5. The number of carbonyl (C=O) groups excluding carboxylic acids is 2. The number of ether oxygens (including phenoxy) is 1. The van der Waals surface area contributed by atoms with Crippen LogP contribution in [0.3, 0.4) is 0 Å². The van der Waals surface area contributed by atoms with Crippen LogP contribution in [-0.2, 0) is 22.6 Å². The molecule has 0 unspecified atom stereocenters. The van der Waals surface area contributed by atoms with Gasteiger partial charge in [0.2, 0.25) is 11.8 Å². The minimum atomic E-state index is -0.632. The summed E-state index contributed by atoms with van der Waals surface area (Å²) in [4.78, 5) is 30.2. The molecular weight excluding hydrogens is 504 g/mol. The Morgan fingerprint density at radius 3 is 2.41 bits per heavy atom. The van der Waals surface area contributed by atoms with Gasteiger partial charge in [0.05, 0.1) is 12.9 Å². The van der Waals surface area contributed by atoms with E-state index in [9.17, 15) is 9.59 Å². The number of hydrogen-bond donors (Lipinski definition) is 1. The lowest BCUT2D eigenvalue weighted by atomic mass is 10.0. The molecule has 0 spiro atoms. The molecule has 0 aromatic heterocycles. The Labute approximate surface area is 228 Å². The predicted molar refractivity (Wildman–Crippen MR) is 150 cm³/mol. The Bertz CT molecular complexity index is 1170. The number of halogens is 1. The molecule has 0 heterocycles. The number of thioether (sulfide) groups is 1. The molecule has 7 heteroatoms. The summed E-state index contributed by atoms with van der Waals surface area (Å²) in [6.45, 7) is 0.312. The van der Waals surface area contributed by atoms with E-state index in [0.717, 1.165) is 47.5 Å². The molecule has 1 N–H and O–H groups in total. The summed E-state index contributed by atoms with van der Waals surface area (Å²) in [6, 6.07) is 24.5. The maximum absolute atomic E-state index is 13.8. The van der Waals surface area contributed by atoms with E-state index in [1.807, 2.05) is 78.9 Å². The second-order valence-electron chi connectivity index (χ2n) is 9.31. The number of amides is 2. The summed E-state index contributed by atoms with van der Waals surface area (Å²) in [6.07, 6.45) is 4.66. The average Bonchev–Trinajstić information content (AvgIpc) is 3.44. The van der Waals surface area contributed by atoms with Gasteiger partial charge in [-0.1, -0.05) is 66.9 Å². The molecule has 194 valence electrons. The molecule has 1 atom stereocenters. The van der Waals surface area contributed by atoms with Gasteiger partial charge < -0.3 is 15.0 Å². The first-order valence-corrected chi connectivity index (χ1v) is 14.0. The first-order chi connectivity index (χ1) is 18.0. The number of nitrogens with zero attached hydrogens (tertiary/aromatic N) is 1. The number of methoxy groups -OCH3 is 1. The Morgan fingerprint density at radius 1 is 1.00 bits per heavy atom. The first kappa shape index (κ1) is 27.1. The minimum Gasteiger partial charge on any atom is -0.497 e. The average molecular weight is 537 g/mol. The van der Waals surface area contributed by atoms with Crippen molar-refractivity contribution < 1.29 is 14.3 Å². The third-order valence-corrected chi connectivity index (χ3v) is 7.88. The van der Waals surface area contributed by atoms with Crippen LogP contribution in [0.25, 0.3) is 0 Å². The molecule has 1 aliphatic rings. The second-order valence-corrected chi connectivity index (χ2v) is 10.8. The van der Waals surface area contributed by atoms with E-state index in [4.69, 9.17) is 16.3 Å². The van der Waals surface area contributed by atoms with Crippen LogP contribution in [0.1, 0.15) is 36.8 Å². The molecule has 3 aromatic carbocycles. The van der Waals surface area contributed by atoms with Gasteiger partial charge in [0.25, 0.3) is 0 Å². The van der Waals surface area contributed by atoms with Crippen molar-refractivity contribution in [2.75, 3.05) is 12.9 Å². The molecule has 1 fully saturated rings. The van der Waals surface area contributed by atoms with E-state index >= 15 is 0 Å². The summed E-state index contributed by atoms with van der Waals surface area (Å²) >= 11 is 7.47. The maximum Gasteiger partial charge on any atom is 0.243 e. The summed E-state index contributed by atoms with van der Waals surface area (Å²) in [5, 5.41) is 3.90. The minimum absolute atomic E-state index is 0.0923. The lowest BCUT2D eigenvalue weighted by molar-refractivity contribution is -0.139. The normalized spacial score (nSPS) is 14.2. The van der Waals surface area contributed by atoms with Gasteiger partial charge in [-0.3, -0.25) is 9.59 Å². The highest BCUT2D eigenvalue weighted by molar-refractivity contribution is 8.00. The van der Waals surface area contributed by atoms with Crippen molar-refractivity contribution in [2.45, 2.75) is 55.6 Å². The zero-order valence-corrected chi connectivity index (χ0v) is 22.6. The topological polar surface area (TPSA) is 58.6 Å². The fraction of sp³-hybridized carbons (Fsp3) is 0.333. The molecule has 0 bridgehead atoms. The molecule has 0 saturated heterocycles. The van der Waals surface area contributed by atoms with Crippen molar-refractivity contribution >= 4 is 35.2 Å². The fourth-order valence-electron chi connectivity index (χ4n) is 4.65. The van der Waals surface area contributed by atoms with E-state index in [0.29, 0.717) is 18.0 Å². The van der Waals surface area contributed by atoms with Gasteiger partial charge >= 0.3 is 0 Å². The molecule has 3 aromatic rings.